The van der Waals surface area contributed by atoms with Crippen LogP contribution in [-0.4, -0.2) is 63.6 Å². The molecule has 0 bridgehead atoms. The van der Waals surface area contributed by atoms with Gasteiger partial charge in [-0.1, -0.05) is 24.3 Å². The Morgan fingerprint density at radius 1 is 1.07 bits per heavy atom. The number of para-hydroxylation sites is 1. The van der Waals surface area contributed by atoms with Crippen molar-refractivity contribution < 1.29 is 9.53 Å². The van der Waals surface area contributed by atoms with Gasteiger partial charge in [0, 0.05) is 50.7 Å². The monoisotopic (exact) mass is 381 g/mol. The van der Waals surface area contributed by atoms with Gasteiger partial charge in [-0.15, -0.1) is 0 Å². The van der Waals surface area contributed by atoms with E-state index in [-0.39, 0.29) is 12.5 Å². The van der Waals surface area contributed by atoms with Gasteiger partial charge in [0.2, 0.25) is 5.91 Å². The maximum absolute atomic E-state index is 12.1. The molecule has 1 amide bonds. The Hall–Kier alpha value is -3.22. The number of piperazine rings is 1. The Bertz CT molecular complexity index is 801. The molecule has 3 rings (SSSR count). The molecule has 7 heteroatoms. The predicted molar refractivity (Wildman–Crippen MR) is 113 cm³/mol. The predicted octanol–water partition coefficient (Wildman–Crippen LogP) is 2.03. The number of benzene rings is 2. The van der Waals surface area contributed by atoms with Crippen molar-refractivity contribution in [3.8, 4) is 5.75 Å². The summed E-state index contributed by atoms with van der Waals surface area (Å²) < 4.78 is 5.32. The van der Waals surface area contributed by atoms with Crippen LogP contribution in [0.4, 0.5) is 11.4 Å². The quantitative estimate of drug-likeness (QED) is 0.613. The van der Waals surface area contributed by atoms with Crippen LogP contribution in [0.3, 0.4) is 0 Å². The van der Waals surface area contributed by atoms with E-state index >= 15 is 0 Å². The molecule has 1 aliphatic rings. The Kier molecular flexibility index (Phi) is 6.73. The second-order valence-electron chi connectivity index (χ2n) is 6.49. The van der Waals surface area contributed by atoms with Crippen LogP contribution in [0.25, 0.3) is 0 Å². The Balaban J connectivity index is 1.49. The smallest absolute Gasteiger partial charge is 0.243 e. The number of aliphatic imine (C=N–C) groups is 1. The summed E-state index contributed by atoms with van der Waals surface area (Å²) in [7, 11) is 3.42. The third-order valence-electron chi connectivity index (χ3n) is 4.67. The molecule has 28 heavy (non-hydrogen) atoms. The normalized spacial score (nSPS) is 14.6. The zero-order valence-electron chi connectivity index (χ0n) is 16.4. The van der Waals surface area contributed by atoms with Crippen LogP contribution in [0, 0.1) is 0 Å². The van der Waals surface area contributed by atoms with Crippen molar-refractivity contribution in [2.24, 2.45) is 4.99 Å². The molecule has 1 saturated heterocycles. The van der Waals surface area contributed by atoms with Gasteiger partial charge in [0.25, 0.3) is 0 Å². The maximum atomic E-state index is 12.1. The van der Waals surface area contributed by atoms with E-state index in [0.717, 1.165) is 49.3 Å². The molecule has 0 saturated carbocycles. The fourth-order valence-corrected chi connectivity index (χ4v) is 3.20. The van der Waals surface area contributed by atoms with Crippen LogP contribution < -0.4 is 20.3 Å². The van der Waals surface area contributed by atoms with Gasteiger partial charge in [0.05, 0.1) is 13.7 Å². The van der Waals surface area contributed by atoms with E-state index in [0.29, 0.717) is 0 Å². The van der Waals surface area contributed by atoms with Gasteiger partial charge < -0.3 is 25.2 Å². The van der Waals surface area contributed by atoms with Gasteiger partial charge in [-0.2, -0.15) is 0 Å². The summed E-state index contributed by atoms with van der Waals surface area (Å²) in [6.07, 6.45) is 0. The highest BCUT2D eigenvalue weighted by Gasteiger charge is 2.20. The highest BCUT2D eigenvalue weighted by atomic mass is 16.5. The number of anilines is 2. The molecule has 0 radical (unpaired) electrons. The van der Waals surface area contributed by atoms with Crippen LogP contribution in [0.5, 0.6) is 5.75 Å². The summed E-state index contributed by atoms with van der Waals surface area (Å²) in [5, 5.41) is 6.03. The van der Waals surface area contributed by atoms with E-state index in [2.05, 4.69) is 37.6 Å². The molecular weight excluding hydrogens is 354 g/mol. The van der Waals surface area contributed by atoms with Crippen LogP contribution in [0.2, 0.25) is 0 Å². The van der Waals surface area contributed by atoms with E-state index in [9.17, 15) is 4.79 Å². The number of nitrogens with zero attached hydrogens (tertiary/aromatic N) is 3. The summed E-state index contributed by atoms with van der Waals surface area (Å²) in [6, 6.07) is 17.5. The molecule has 0 atom stereocenters. The number of ether oxygens (including phenoxy) is 1. The lowest BCUT2D eigenvalue weighted by Crippen LogP contribution is -2.53. The average Bonchev–Trinajstić information content (AvgIpc) is 2.75. The van der Waals surface area contributed by atoms with Gasteiger partial charge in [-0.25, -0.2) is 0 Å². The van der Waals surface area contributed by atoms with Crippen LogP contribution in [0.1, 0.15) is 0 Å². The molecule has 0 aromatic heterocycles. The van der Waals surface area contributed by atoms with Crippen molar-refractivity contribution in [2.75, 3.05) is 57.1 Å². The number of nitrogens with one attached hydrogen (secondary N) is 2. The first-order chi connectivity index (χ1) is 13.7. The van der Waals surface area contributed by atoms with Gasteiger partial charge >= 0.3 is 0 Å². The number of rotatable bonds is 5. The number of hydrogen-bond donors (Lipinski definition) is 2. The lowest BCUT2D eigenvalue weighted by molar-refractivity contribution is -0.115. The number of hydrogen-bond acceptors (Lipinski definition) is 4. The topological polar surface area (TPSA) is 69.2 Å². The average molecular weight is 381 g/mol. The molecule has 148 valence electrons. The molecule has 2 N–H and O–H groups in total. The lowest BCUT2D eigenvalue weighted by Gasteiger charge is -2.37. The molecule has 0 unspecified atom stereocenters. The van der Waals surface area contributed by atoms with Gasteiger partial charge in [0.15, 0.2) is 5.96 Å². The minimum atomic E-state index is -0.0950. The largest absolute Gasteiger partial charge is 0.497 e. The first kappa shape index (κ1) is 19.5. The van der Waals surface area contributed by atoms with Crippen molar-refractivity contribution in [1.82, 2.24) is 10.2 Å². The highest BCUT2D eigenvalue weighted by Crippen LogP contribution is 2.22. The van der Waals surface area contributed by atoms with Crippen LogP contribution in [0.15, 0.2) is 59.6 Å². The minimum Gasteiger partial charge on any atom is -0.497 e. The highest BCUT2D eigenvalue weighted by molar-refractivity contribution is 5.95. The number of methoxy groups -OCH3 is 1. The minimum absolute atomic E-state index is 0.0950. The zero-order chi connectivity index (χ0) is 19.8. The van der Waals surface area contributed by atoms with Crippen molar-refractivity contribution in [2.45, 2.75) is 0 Å². The third kappa shape index (κ3) is 5.16. The standard InChI is InChI=1S/C21H27N5O2/c1-22-21(23-16-20(27)24-17-7-4-3-5-8-17)26-13-11-25(12-14-26)18-9-6-10-19(15-18)28-2/h3-10,15H,11-14,16H2,1-2H3,(H,22,23)(H,24,27). The number of guanidine groups is 1. The first-order valence-electron chi connectivity index (χ1n) is 9.39. The summed E-state index contributed by atoms with van der Waals surface area (Å²) in [5.74, 6) is 1.51. The number of carbonyl (C=O) groups excluding carboxylic acids is 1. The first-order valence-corrected chi connectivity index (χ1v) is 9.39. The molecule has 1 fully saturated rings. The van der Waals surface area contributed by atoms with Crippen molar-refractivity contribution >= 4 is 23.2 Å². The van der Waals surface area contributed by atoms with Crippen molar-refractivity contribution in [3.05, 3.63) is 54.6 Å². The fraction of sp³-hybridized carbons (Fsp3) is 0.333. The summed E-state index contributed by atoms with van der Waals surface area (Å²) in [4.78, 5) is 21.0. The van der Waals surface area contributed by atoms with Crippen LogP contribution in [-0.2, 0) is 4.79 Å². The fourth-order valence-electron chi connectivity index (χ4n) is 3.20. The van der Waals surface area contributed by atoms with Gasteiger partial charge in [-0.05, 0) is 24.3 Å². The second kappa shape index (κ2) is 9.64. The summed E-state index contributed by atoms with van der Waals surface area (Å²) in [5.41, 5.74) is 1.94. The molecule has 0 spiro atoms. The zero-order valence-corrected chi connectivity index (χ0v) is 16.4. The molecule has 2 aromatic carbocycles. The summed E-state index contributed by atoms with van der Waals surface area (Å²) >= 11 is 0. The molecule has 1 heterocycles. The van der Waals surface area contributed by atoms with Crippen molar-refractivity contribution in [1.29, 1.82) is 0 Å². The maximum Gasteiger partial charge on any atom is 0.243 e. The van der Waals surface area contributed by atoms with E-state index in [1.807, 2.05) is 42.5 Å². The molecule has 7 nitrogen and oxygen atoms in total. The van der Waals surface area contributed by atoms with Crippen LogP contribution >= 0.6 is 0 Å². The second-order valence-corrected chi connectivity index (χ2v) is 6.49. The van der Waals surface area contributed by atoms with E-state index in [4.69, 9.17) is 4.74 Å². The Morgan fingerprint density at radius 2 is 1.82 bits per heavy atom. The summed E-state index contributed by atoms with van der Waals surface area (Å²) in [6.45, 7) is 3.60. The van der Waals surface area contributed by atoms with Gasteiger partial charge in [-0.3, -0.25) is 9.79 Å². The Morgan fingerprint density at radius 3 is 2.50 bits per heavy atom. The lowest BCUT2D eigenvalue weighted by atomic mass is 10.2. The van der Waals surface area contributed by atoms with Crippen molar-refractivity contribution in [3.63, 3.8) is 0 Å². The SMILES string of the molecule is CN=C(NCC(=O)Nc1ccccc1)N1CCN(c2cccc(OC)c2)CC1. The van der Waals surface area contributed by atoms with E-state index < -0.39 is 0 Å². The Labute approximate surface area is 166 Å². The van der Waals surface area contributed by atoms with E-state index in [1.165, 1.54) is 0 Å². The molecule has 1 aliphatic heterocycles. The van der Waals surface area contributed by atoms with Gasteiger partial charge in [0.1, 0.15) is 5.75 Å². The van der Waals surface area contributed by atoms with E-state index in [1.54, 1.807) is 14.2 Å². The molecular formula is C21H27N5O2. The number of amides is 1. The third-order valence-corrected chi connectivity index (χ3v) is 4.67. The molecule has 0 aliphatic carbocycles. The molecule has 2 aromatic rings. The number of carbonyl (C=O) groups is 1.